The largest absolute Gasteiger partial charge is 0.347 e. The first-order chi connectivity index (χ1) is 9.11. The summed E-state index contributed by atoms with van der Waals surface area (Å²) in [6, 6.07) is 5.51. The lowest BCUT2D eigenvalue weighted by Crippen LogP contribution is -2.24. The van der Waals surface area contributed by atoms with Crippen molar-refractivity contribution in [2.75, 3.05) is 5.43 Å². The van der Waals surface area contributed by atoms with Gasteiger partial charge in [0.1, 0.15) is 0 Å². The normalized spacial score (nSPS) is 10.3. The molecule has 2 rings (SSSR count). The molecule has 19 heavy (non-hydrogen) atoms. The third kappa shape index (κ3) is 3.10. The Morgan fingerprint density at radius 2 is 2.21 bits per heavy atom. The minimum Gasteiger partial charge on any atom is -0.347 e. The van der Waals surface area contributed by atoms with Crippen LogP contribution in [0.5, 0.6) is 0 Å². The van der Waals surface area contributed by atoms with E-state index in [0.29, 0.717) is 17.8 Å². The number of nitrogen functional groups attached to an aromatic ring is 1. The molecule has 2 aromatic rings. The summed E-state index contributed by atoms with van der Waals surface area (Å²) < 4.78 is 0. The van der Waals surface area contributed by atoms with Gasteiger partial charge < -0.3 is 10.7 Å². The quantitative estimate of drug-likeness (QED) is 0.589. The number of amides is 1. The summed E-state index contributed by atoms with van der Waals surface area (Å²) in [5.74, 6) is 5.27. The minimum atomic E-state index is -0.149. The van der Waals surface area contributed by atoms with Crippen molar-refractivity contribution in [1.82, 2.24) is 10.3 Å². The average Bonchev–Trinajstić information content (AvgIpc) is 2.81. The number of aromatic nitrogens is 1. The summed E-state index contributed by atoms with van der Waals surface area (Å²) in [5, 5.41) is 2.88. The van der Waals surface area contributed by atoms with Crippen LogP contribution in [0.4, 0.5) is 5.69 Å². The molecule has 5 nitrogen and oxygen atoms in total. The zero-order valence-corrected chi connectivity index (χ0v) is 11.7. The fraction of sp³-hybridized carbons (Fsp3) is 0.231. The van der Waals surface area contributed by atoms with Crippen LogP contribution in [0.15, 0.2) is 23.7 Å². The van der Waals surface area contributed by atoms with Crippen molar-refractivity contribution in [2.24, 2.45) is 5.84 Å². The number of benzene rings is 1. The van der Waals surface area contributed by atoms with Gasteiger partial charge in [0, 0.05) is 4.88 Å². The molecule has 100 valence electrons. The molecule has 0 unspecified atom stereocenters. The van der Waals surface area contributed by atoms with E-state index in [-0.39, 0.29) is 5.91 Å². The maximum absolute atomic E-state index is 12.2. The van der Waals surface area contributed by atoms with E-state index < -0.39 is 0 Å². The monoisotopic (exact) mass is 276 g/mol. The van der Waals surface area contributed by atoms with E-state index in [0.717, 1.165) is 16.1 Å². The predicted octanol–water partition coefficient (Wildman–Crippen LogP) is 1.98. The SMILES string of the molecule is Cc1ccc(NN)c(C(=O)NCc2scnc2C)c1. The maximum Gasteiger partial charge on any atom is 0.253 e. The third-order valence-corrected chi connectivity index (χ3v) is 3.76. The Morgan fingerprint density at radius 3 is 2.84 bits per heavy atom. The number of hydrogen-bond acceptors (Lipinski definition) is 5. The molecule has 0 bridgehead atoms. The second-order valence-corrected chi connectivity index (χ2v) is 5.18. The van der Waals surface area contributed by atoms with Crippen LogP contribution in [0.1, 0.15) is 26.5 Å². The molecule has 0 aliphatic carbocycles. The summed E-state index contributed by atoms with van der Waals surface area (Å²) in [4.78, 5) is 17.4. The van der Waals surface area contributed by atoms with Crippen molar-refractivity contribution < 1.29 is 4.79 Å². The van der Waals surface area contributed by atoms with Gasteiger partial charge in [-0.2, -0.15) is 0 Å². The summed E-state index contributed by atoms with van der Waals surface area (Å²) in [6.45, 7) is 4.34. The van der Waals surface area contributed by atoms with Gasteiger partial charge in [0.25, 0.3) is 5.91 Å². The van der Waals surface area contributed by atoms with Crippen LogP contribution in [0.3, 0.4) is 0 Å². The number of hydrogen-bond donors (Lipinski definition) is 3. The fourth-order valence-electron chi connectivity index (χ4n) is 1.72. The van der Waals surface area contributed by atoms with Crippen LogP contribution < -0.4 is 16.6 Å². The Kier molecular flexibility index (Phi) is 4.13. The molecule has 0 fully saturated rings. The molecule has 0 spiro atoms. The molecule has 0 saturated heterocycles. The molecule has 1 heterocycles. The molecular formula is C13H16N4OS. The van der Waals surface area contributed by atoms with Gasteiger partial charge in [-0.05, 0) is 26.0 Å². The van der Waals surface area contributed by atoms with Crippen LogP contribution in [0, 0.1) is 13.8 Å². The highest BCUT2D eigenvalue weighted by Gasteiger charge is 2.12. The summed E-state index contributed by atoms with van der Waals surface area (Å²) in [7, 11) is 0. The molecule has 1 aromatic carbocycles. The number of anilines is 1. The van der Waals surface area contributed by atoms with Gasteiger partial charge in [-0.1, -0.05) is 11.6 Å². The highest BCUT2D eigenvalue weighted by molar-refractivity contribution is 7.09. The Bertz CT molecular complexity index is 594. The number of nitrogens with zero attached hydrogens (tertiary/aromatic N) is 1. The van der Waals surface area contributed by atoms with Crippen LogP contribution >= 0.6 is 11.3 Å². The smallest absolute Gasteiger partial charge is 0.253 e. The molecule has 1 amide bonds. The van der Waals surface area contributed by atoms with Crippen molar-refractivity contribution in [2.45, 2.75) is 20.4 Å². The number of aryl methyl sites for hydroxylation is 2. The molecule has 4 N–H and O–H groups in total. The lowest BCUT2D eigenvalue weighted by atomic mass is 10.1. The first-order valence-electron chi connectivity index (χ1n) is 5.86. The van der Waals surface area contributed by atoms with Crippen molar-refractivity contribution in [3.05, 3.63) is 45.4 Å². The average molecular weight is 276 g/mol. The van der Waals surface area contributed by atoms with Gasteiger partial charge in [-0.25, -0.2) is 4.98 Å². The molecule has 6 heteroatoms. The number of thiazole rings is 1. The van der Waals surface area contributed by atoms with E-state index in [9.17, 15) is 4.79 Å². The Hall–Kier alpha value is -1.92. The van der Waals surface area contributed by atoms with Gasteiger partial charge in [0.2, 0.25) is 0 Å². The first kappa shape index (κ1) is 13.5. The van der Waals surface area contributed by atoms with E-state index in [1.165, 1.54) is 11.3 Å². The van der Waals surface area contributed by atoms with E-state index in [2.05, 4.69) is 15.7 Å². The van der Waals surface area contributed by atoms with Crippen LogP contribution in [0.25, 0.3) is 0 Å². The van der Waals surface area contributed by atoms with E-state index in [1.54, 1.807) is 11.6 Å². The Morgan fingerprint density at radius 1 is 1.42 bits per heavy atom. The summed E-state index contributed by atoms with van der Waals surface area (Å²) in [5.41, 5.74) is 7.44. The topological polar surface area (TPSA) is 80.0 Å². The molecule has 0 aliphatic heterocycles. The van der Waals surface area contributed by atoms with Crippen LogP contribution in [-0.2, 0) is 6.54 Å². The molecule has 0 radical (unpaired) electrons. The number of rotatable bonds is 4. The van der Waals surface area contributed by atoms with Gasteiger partial charge in [-0.3, -0.25) is 10.6 Å². The van der Waals surface area contributed by atoms with E-state index in [1.807, 2.05) is 26.0 Å². The predicted molar refractivity (Wildman–Crippen MR) is 77.0 cm³/mol. The van der Waals surface area contributed by atoms with Crippen molar-refractivity contribution in [1.29, 1.82) is 0 Å². The van der Waals surface area contributed by atoms with Gasteiger partial charge in [0.15, 0.2) is 0 Å². The molecule has 0 aliphatic rings. The Labute approximate surface area is 115 Å². The highest BCUT2D eigenvalue weighted by atomic mass is 32.1. The first-order valence-corrected chi connectivity index (χ1v) is 6.74. The summed E-state index contributed by atoms with van der Waals surface area (Å²) >= 11 is 1.53. The Balaban J connectivity index is 2.12. The van der Waals surface area contributed by atoms with E-state index in [4.69, 9.17) is 5.84 Å². The fourth-order valence-corrected chi connectivity index (χ4v) is 2.44. The lowest BCUT2D eigenvalue weighted by Gasteiger charge is -2.10. The minimum absolute atomic E-state index is 0.149. The third-order valence-electron chi connectivity index (χ3n) is 2.83. The number of carbonyl (C=O) groups is 1. The maximum atomic E-state index is 12.2. The second-order valence-electron chi connectivity index (χ2n) is 4.24. The van der Waals surface area contributed by atoms with Crippen molar-refractivity contribution >= 4 is 22.9 Å². The summed E-state index contributed by atoms with van der Waals surface area (Å²) in [6.07, 6.45) is 0. The zero-order valence-electron chi connectivity index (χ0n) is 10.9. The number of nitrogens with one attached hydrogen (secondary N) is 2. The van der Waals surface area contributed by atoms with Gasteiger partial charge in [0.05, 0.1) is 29.0 Å². The van der Waals surface area contributed by atoms with E-state index >= 15 is 0 Å². The molecular weight excluding hydrogens is 260 g/mol. The highest BCUT2D eigenvalue weighted by Crippen LogP contribution is 2.17. The van der Waals surface area contributed by atoms with Crippen molar-refractivity contribution in [3.63, 3.8) is 0 Å². The number of hydrazine groups is 1. The van der Waals surface area contributed by atoms with Crippen LogP contribution in [-0.4, -0.2) is 10.9 Å². The molecule has 0 atom stereocenters. The van der Waals surface area contributed by atoms with Crippen molar-refractivity contribution in [3.8, 4) is 0 Å². The lowest BCUT2D eigenvalue weighted by molar-refractivity contribution is 0.0952. The molecule has 1 aromatic heterocycles. The second kappa shape index (κ2) is 5.81. The number of carbonyl (C=O) groups excluding carboxylic acids is 1. The van der Waals surface area contributed by atoms with Gasteiger partial charge >= 0.3 is 0 Å². The zero-order chi connectivity index (χ0) is 13.8. The molecule has 0 saturated carbocycles. The standard InChI is InChI=1S/C13H16N4OS/c1-8-3-4-11(17-14)10(5-8)13(18)15-6-12-9(2)16-7-19-12/h3-5,7,17H,6,14H2,1-2H3,(H,15,18). The van der Waals surface area contributed by atoms with Gasteiger partial charge in [-0.15, -0.1) is 11.3 Å². The number of nitrogens with two attached hydrogens (primary N) is 1. The van der Waals surface area contributed by atoms with Crippen LogP contribution in [0.2, 0.25) is 0 Å².